The molecule has 0 aliphatic heterocycles. The molecule has 8 heteroatoms. The molecule has 3 atom stereocenters. The summed E-state index contributed by atoms with van der Waals surface area (Å²) in [6, 6.07) is 15.0. The molecule has 4 rings (SSSR count). The molecule has 0 saturated carbocycles. The van der Waals surface area contributed by atoms with Gasteiger partial charge in [0.15, 0.2) is 0 Å². The molecule has 2 aromatic carbocycles. The number of fused-ring (bicyclic) bond motifs is 1. The Kier molecular flexibility index (Phi) is 8.49. The van der Waals surface area contributed by atoms with Crippen molar-refractivity contribution in [2.45, 2.75) is 56.8 Å². The Morgan fingerprint density at radius 1 is 1.17 bits per heavy atom. The van der Waals surface area contributed by atoms with E-state index < -0.39 is 11.0 Å². The van der Waals surface area contributed by atoms with Crippen molar-refractivity contribution < 1.29 is 9.00 Å². The van der Waals surface area contributed by atoms with Gasteiger partial charge in [0.1, 0.15) is 16.7 Å². The van der Waals surface area contributed by atoms with Crippen molar-refractivity contribution in [2.24, 2.45) is 11.1 Å². The van der Waals surface area contributed by atoms with E-state index >= 15 is 0 Å². The van der Waals surface area contributed by atoms with Gasteiger partial charge in [0.2, 0.25) is 5.91 Å². The Hall–Kier alpha value is -2.81. The van der Waals surface area contributed by atoms with Gasteiger partial charge in [0.05, 0.1) is 16.3 Å². The predicted molar refractivity (Wildman–Crippen MR) is 146 cm³/mol. The molecule has 0 spiro atoms. The molecule has 35 heavy (non-hydrogen) atoms. The Balaban J connectivity index is 1.58. The summed E-state index contributed by atoms with van der Waals surface area (Å²) in [7, 11) is -1.57. The van der Waals surface area contributed by atoms with Gasteiger partial charge in [-0.25, -0.2) is 9.35 Å². The Labute approximate surface area is 212 Å². The van der Waals surface area contributed by atoms with Crippen LogP contribution in [0.15, 0.2) is 64.2 Å². The molecule has 0 aliphatic carbocycles. The summed E-state index contributed by atoms with van der Waals surface area (Å²) in [6.45, 7) is 4.39. The Morgan fingerprint density at radius 2 is 2.03 bits per heavy atom. The van der Waals surface area contributed by atoms with Gasteiger partial charge in [-0.1, -0.05) is 51.7 Å². The largest absolute Gasteiger partial charge is 0.326 e. The lowest BCUT2D eigenvalue weighted by molar-refractivity contribution is -0.118. The molecule has 2 aromatic heterocycles. The molecule has 1 amide bonds. The lowest BCUT2D eigenvalue weighted by Gasteiger charge is -2.23. The van der Waals surface area contributed by atoms with Gasteiger partial charge in [0.25, 0.3) is 0 Å². The number of unbranched alkanes of at least 4 members (excludes halogenated alkanes) is 3. The van der Waals surface area contributed by atoms with Crippen LogP contribution in [0, 0.1) is 5.92 Å². The molecule has 0 bridgehead atoms. The normalized spacial score (nSPS) is 14.0. The third-order valence-corrected chi connectivity index (χ3v) is 7.86. The van der Waals surface area contributed by atoms with Crippen LogP contribution in [0.1, 0.15) is 57.4 Å². The topological polar surface area (TPSA) is 101 Å². The number of benzene rings is 2. The van der Waals surface area contributed by atoms with Crippen molar-refractivity contribution in [2.75, 3.05) is 5.32 Å². The first-order valence-electron chi connectivity index (χ1n) is 12.1. The van der Waals surface area contributed by atoms with Crippen molar-refractivity contribution in [3.63, 3.8) is 0 Å². The number of carbonyl (C=O) groups is 1. The maximum atomic E-state index is 13.5. The van der Waals surface area contributed by atoms with E-state index in [1.165, 1.54) is 19.3 Å². The van der Waals surface area contributed by atoms with Crippen LogP contribution in [-0.2, 0) is 15.8 Å². The van der Waals surface area contributed by atoms with Gasteiger partial charge < -0.3 is 5.32 Å². The second-order valence-corrected chi connectivity index (χ2v) is 10.9. The predicted octanol–water partition coefficient (Wildman–Crippen LogP) is 6.60. The van der Waals surface area contributed by atoms with Gasteiger partial charge in [0, 0.05) is 16.6 Å². The summed E-state index contributed by atoms with van der Waals surface area (Å²) >= 11 is 1.62. The van der Waals surface area contributed by atoms with E-state index in [1.807, 2.05) is 35.7 Å². The van der Waals surface area contributed by atoms with E-state index in [2.05, 4.69) is 40.8 Å². The van der Waals surface area contributed by atoms with E-state index in [0.29, 0.717) is 4.90 Å². The quantitative estimate of drug-likeness (QED) is 0.199. The molecule has 6 nitrogen and oxygen atoms in total. The maximum Gasteiger partial charge on any atom is 0.232 e. The number of hydrogen-bond acceptors (Lipinski definition) is 4. The molecule has 0 aliphatic rings. The second-order valence-electron chi connectivity index (χ2n) is 9.01. The lowest BCUT2D eigenvalue weighted by atomic mass is 9.84. The average Bonchev–Trinajstić information content (AvgIpc) is 3.52. The van der Waals surface area contributed by atoms with Crippen molar-refractivity contribution in [1.29, 1.82) is 0 Å². The van der Waals surface area contributed by atoms with Crippen LogP contribution in [0.3, 0.4) is 0 Å². The minimum Gasteiger partial charge on any atom is -0.326 e. The highest BCUT2D eigenvalue weighted by molar-refractivity contribution is 7.82. The zero-order chi connectivity index (χ0) is 24.8. The molecule has 0 fully saturated rings. The monoisotopic (exact) mass is 508 g/mol. The number of carbonyl (C=O) groups excluding carboxylic acids is 1. The number of nitrogens with zero attached hydrogens (tertiary/aromatic N) is 1. The zero-order valence-corrected chi connectivity index (χ0v) is 21.8. The number of thiophene rings is 1. The van der Waals surface area contributed by atoms with Gasteiger partial charge in [-0.2, -0.15) is 16.4 Å². The van der Waals surface area contributed by atoms with Gasteiger partial charge in [-0.15, -0.1) is 0 Å². The highest BCUT2D eigenvalue weighted by atomic mass is 32.2. The molecule has 4 aromatic rings. The summed E-state index contributed by atoms with van der Waals surface area (Å²) in [6.07, 6.45) is 5.81. The van der Waals surface area contributed by atoms with E-state index in [4.69, 9.17) is 5.14 Å². The molecule has 0 radical (unpaired) electrons. The van der Waals surface area contributed by atoms with Crippen molar-refractivity contribution >= 4 is 44.8 Å². The molecule has 184 valence electrons. The average molecular weight is 509 g/mol. The highest BCUT2D eigenvalue weighted by Gasteiger charge is 2.27. The number of amides is 1. The van der Waals surface area contributed by atoms with Gasteiger partial charge >= 0.3 is 0 Å². The van der Waals surface area contributed by atoms with E-state index in [9.17, 15) is 9.00 Å². The highest BCUT2D eigenvalue weighted by Crippen LogP contribution is 2.33. The molecular formula is C27H32N4O2S2. The standard InChI is InChI=1S/C27H32N4O2S2/c1-3-4-5-6-8-18(2)25(20-13-14-34-17-20)27(32)29-21-11-12-24-23(16-21)26(31-30-24)19-9-7-10-22(15-19)35(28)33/h7,9-18,25H,3-6,8,28H2,1-2H3,(H,29,32)(H,30,31). The number of anilines is 1. The first kappa shape index (κ1) is 25.3. The first-order chi connectivity index (χ1) is 17.0. The van der Waals surface area contributed by atoms with Gasteiger partial charge in [-0.3, -0.25) is 9.89 Å². The fourth-order valence-electron chi connectivity index (χ4n) is 4.55. The third kappa shape index (κ3) is 6.07. The fourth-order valence-corrected chi connectivity index (χ4v) is 5.70. The number of rotatable bonds is 11. The van der Waals surface area contributed by atoms with Crippen molar-refractivity contribution in [3.8, 4) is 11.3 Å². The lowest BCUT2D eigenvalue weighted by Crippen LogP contribution is -2.26. The number of aromatic nitrogens is 2. The van der Waals surface area contributed by atoms with E-state index in [1.54, 1.807) is 23.5 Å². The number of nitrogens with one attached hydrogen (secondary N) is 2. The number of nitrogens with two attached hydrogens (primary N) is 1. The second kappa shape index (κ2) is 11.7. The van der Waals surface area contributed by atoms with Crippen molar-refractivity contribution in [3.05, 3.63) is 64.9 Å². The fraction of sp³-hybridized carbons (Fsp3) is 0.333. The summed E-state index contributed by atoms with van der Waals surface area (Å²) in [4.78, 5) is 14.0. The van der Waals surface area contributed by atoms with Crippen LogP contribution in [-0.4, -0.2) is 20.3 Å². The van der Waals surface area contributed by atoms with E-state index in [0.717, 1.165) is 46.3 Å². The summed E-state index contributed by atoms with van der Waals surface area (Å²) in [5, 5.41) is 21.2. The van der Waals surface area contributed by atoms with Crippen LogP contribution in [0.2, 0.25) is 0 Å². The minimum atomic E-state index is -1.57. The zero-order valence-electron chi connectivity index (χ0n) is 20.1. The smallest absolute Gasteiger partial charge is 0.232 e. The van der Waals surface area contributed by atoms with E-state index in [-0.39, 0.29) is 17.7 Å². The summed E-state index contributed by atoms with van der Waals surface area (Å²) in [5.41, 5.74) is 4.19. The molecule has 0 saturated heterocycles. The Morgan fingerprint density at radius 3 is 2.77 bits per heavy atom. The first-order valence-corrected chi connectivity index (χ1v) is 14.2. The van der Waals surface area contributed by atoms with Crippen LogP contribution < -0.4 is 10.5 Å². The van der Waals surface area contributed by atoms with Crippen LogP contribution in [0.25, 0.3) is 22.2 Å². The minimum absolute atomic E-state index is 0.0105. The molecule has 3 unspecified atom stereocenters. The summed E-state index contributed by atoms with van der Waals surface area (Å²) in [5.74, 6) is 0.0597. The van der Waals surface area contributed by atoms with Gasteiger partial charge in [-0.05, 0) is 65.1 Å². The molecule has 2 heterocycles. The van der Waals surface area contributed by atoms with Crippen LogP contribution in [0.4, 0.5) is 5.69 Å². The van der Waals surface area contributed by atoms with Crippen molar-refractivity contribution in [1.82, 2.24) is 10.2 Å². The van der Waals surface area contributed by atoms with Crippen LogP contribution in [0.5, 0.6) is 0 Å². The van der Waals surface area contributed by atoms with Crippen LogP contribution >= 0.6 is 11.3 Å². The SMILES string of the molecule is CCCCCCC(C)C(C(=O)Nc1ccc2[nH]nc(-c3cccc(S(N)=O)c3)c2c1)c1ccsc1. The number of hydrogen-bond donors (Lipinski definition) is 3. The number of aromatic amines is 1. The Bertz CT molecular complexity index is 1300. The number of H-pyrrole nitrogens is 1. The maximum absolute atomic E-state index is 13.5. The third-order valence-electron chi connectivity index (χ3n) is 6.44. The molecule has 4 N–H and O–H groups in total. The summed E-state index contributed by atoms with van der Waals surface area (Å²) < 4.78 is 11.7. The molecular weight excluding hydrogens is 476 g/mol.